The van der Waals surface area contributed by atoms with Crippen molar-refractivity contribution in [3.8, 4) is 0 Å². The predicted molar refractivity (Wildman–Crippen MR) is 131 cm³/mol. The van der Waals surface area contributed by atoms with Gasteiger partial charge in [0, 0.05) is 50.2 Å². The number of anilines is 4. The molecule has 2 saturated heterocycles. The molecule has 2 fully saturated rings. The molecule has 0 bridgehead atoms. The Kier molecular flexibility index (Phi) is 5.81. The van der Waals surface area contributed by atoms with Crippen LogP contribution < -0.4 is 15.1 Å². The first kappa shape index (κ1) is 20.9. The van der Waals surface area contributed by atoms with Crippen LogP contribution in [0, 0.1) is 5.92 Å². The normalized spacial score (nSPS) is 19.2. The Bertz CT molecular complexity index is 1090. The van der Waals surface area contributed by atoms with Crippen LogP contribution in [0.1, 0.15) is 57.9 Å². The molecule has 0 radical (unpaired) electrons. The van der Waals surface area contributed by atoms with E-state index < -0.39 is 0 Å². The Morgan fingerprint density at radius 2 is 1.75 bits per heavy atom. The van der Waals surface area contributed by atoms with E-state index in [1.54, 1.807) is 0 Å². The SMILES string of the molecule is CC1CCCN(c2nccc(Nc3cc4c(C(C)C)cnc(N5CCCC5)c4cn3)n2)C1. The lowest BCUT2D eigenvalue weighted by Crippen LogP contribution is -2.35. The van der Waals surface area contributed by atoms with Crippen molar-refractivity contribution < 1.29 is 0 Å². The number of pyridine rings is 2. The molecule has 1 atom stereocenters. The van der Waals surface area contributed by atoms with Crippen molar-refractivity contribution in [2.75, 3.05) is 41.3 Å². The van der Waals surface area contributed by atoms with Crippen LogP contribution in [0.2, 0.25) is 0 Å². The van der Waals surface area contributed by atoms with Crippen LogP contribution in [0.25, 0.3) is 10.8 Å². The Morgan fingerprint density at radius 1 is 0.938 bits per heavy atom. The van der Waals surface area contributed by atoms with Gasteiger partial charge in [0.2, 0.25) is 5.95 Å². The van der Waals surface area contributed by atoms with E-state index >= 15 is 0 Å². The van der Waals surface area contributed by atoms with Crippen molar-refractivity contribution in [3.63, 3.8) is 0 Å². The average molecular weight is 432 g/mol. The van der Waals surface area contributed by atoms with Crippen molar-refractivity contribution in [2.45, 2.75) is 52.4 Å². The molecule has 0 saturated carbocycles. The molecule has 3 aromatic rings. The molecule has 2 aliphatic heterocycles. The summed E-state index contributed by atoms with van der Waals surface area (Å²) in [6.07, 6.45) is 10.8. The van der Waals surface area contributed by atoms with Gasteiger partial charge in [-0.3, -0.25) is 0 Å². The number of aromatic nitrogens is 4. The second-order valence-corrected chi connectivity index (χ2v) is 9.56. The maximum atomic E-state index is 4.83. The molecule has 0 spiro atoms. The number of fused-ring (bicyclic) bond motifs is 1. The van der Waals surface area contributed by atoms with Crippen molar-refractivity contribution >= 4 is 34.2 Å². The Hall–Kier alpha value is -2.96. The van der Waals surface area contributed by atoms with Gasteiger partial charge < -0.3 is 15.1 Å². The zero-order valence-electron chi connectivity index (χ0n) is 19.4. The third kappa shape index (κ3) is 4.20. The van der Waals surface area contributed by atoms with Crippen LogP contribution in [0.4, 0.5) is 23.4 Å². The van der Waals surface area contributed by atoms with Crippen LogP contribution in [0.3, 0.4) is 0 Å². The molecule has 0 aromatic carbocycles. The molecular formula is C25H33N7. The zero-order chi connectivity index (χ0) is 22.1. The van der Waals surface area contributed by atoms with Gasteiger partial charge in [0.15, 0.2) is 0 Å². The topological polar surface area (TPSA) is 70.1 Å². The zero-order valence-corrected chi connectivity index (χ0v) is 19.4. The van der Waals surface area contributed by atoms with Crippen LogP contribution in [0.15, 0.2) is 30.7 Å². The number of rotatable bonds is 5. The maximum Gasteiger partial charge on any atom is 0.227 e. The minimum atomic E-state index is 0.389. The number of nitrogens with zero attached hydrogens (tertiary/aromatic N) is 6. The monoisotopic (exact) mass is 431 g/mol. The molecule has 7 heteroatoms. The summed E-state index contributed by atoms with van der Waals surface area (Å²) < 4.78 is 0. The quantitative estimate of drug-likeness (QED) is 0.601. The highest BCUT2D eigenvalue weighted by molar-refractivity contribution is 5.95. The molecule has 0 aliphatic carbocycles. The lowest BCUT2D eigenvalue weighted by atomic mass is 9.99. The van der Waals surface area contributed by atoms with Gasteiger partial charge in [0.05, 0.1) is 0 Å². The summed E-state index contributed by atoms with van der Waals surface area (Å²) in [7, 11) is 0. The lowest BCUT2D eigenvalue weighted by molar-refractivity contribution is 0.442. The highest BCUT2D eigenvalue weighted by atomic mass is 15.3. The molecule has 7 nitrogen and oxygen atoms in total. The molecule has 2 aliphatic rings. The highest BCUT2D eigenvalue weighted by Crippen LogP contribution is 2.33. The summed E-state index contributed by atoms with van der Waals surface area (Å²) in [6, 6.07) is 4.06. The summed E-state index contributed by atoms with van der Waals surface area (Å²) in [5.74, 6) is 4.50. The molecule has 5 heterocycles. The standard InChI is InChI=1S/C25H33N7/c1-17(2)20-14-28-24(31-10-4-5-11-31)21-15-27-23(13-19(20)21)29-22-8-9-26-25(30-22)32-12-6-7-18(3)16-32/h8-9,13-15,17-18H,4-7,10-12,16H2,1-3H3,(H,26,27,29,30). The van der Waals surface area contributed by atoms with Gasteiger partial charge in [0.1, 0.15) is 17.5 Å². The van der Waals surface area contributed by atoms with E-state index in [1.165, 1.54) is 36.6 Å². The number of piperidine rings is 1. The summed E-state index contributed by atoms with van der Waals surface area (Å²) in [5, 5.41) is 5.77. The van der Waals surface area contributed by atoms with Crippen LogP contribution in [-0.4, -0.2) is 46.1 Å². The van der Waals surface area contributed by atoms with Gasteiger partial charge in [-0.2, -0.15) is 4.98 Å². The number of hydrogen-bond acceptors (Lipinski definition) is 7. The third-order valence-electron chi connectivity index (χ3n) is 6.65. The average Bonchev–Trinajstić information content (AvgIpc) is 3.33. The summed E-state index contributed by atoms with van der Waals surface area (Å²) >= 11 is 0. The van der Waals surface area contributed by atoms with E-state index in [4.69, 9.17) is 15.0 Å². The summed E-state index contributed by atoms with van der Waals surface area (Å²) in [5.41, 5.74) is 1.25. The highest BCUT2D eigenvalue weighted by Gasteiger charge is 2.20. The second kappa shape index (κ2) is 8.88. The predicted octanol–water partition coefficient (Wildman–Crippen LogP) is 5.12. The second-order valence-electron chi connectivity index (χ2n) is 9.56. The molecule has 3 aromatic heterocycles. The third-order valence-corrected chi connectivity index (χ3v) is 6.65. The smallest absolute Gasteiger partial charge is 0.227 e. The minimum Gasteiger partial charge on any atom is -0.356 e. The van der Waals surface area contributed by atoms with E-state index in [9.17, 15) is 0 Å². The number of nitrogens with one attached hydrogen (secondary N) is 1. The maximum absolute atomic E-state index is 4.83. The fraction of sp³-hybridized carbons (Fsp3) is 0.520. The fourth-order valence-electron chi connectivity index (χ4n) is 4.92. The van der Waals surface area contributed by atoms with Gasteiger partial charge in [-0.25, -0.2) is 15.0 Å². The first-order chi connectivity index (χ1) is 15.6. The molecule has 1 N–H and O–H groups in total. The van der Waals surface area contributed by atoms with E-state index in [1.807, 2.05) is 24.7 Å². The van der Waals surface area contributed by atoms with Gasteiger partial charge >= 0.3 is 0 Å². The molecule has 5 rings (SSSR count). The summed E-state index contributed by atoms with van der Waals surface area (Å²) in [4.78, 5) is 23.6. The first-order valence-corrected chi connectivity index (χ1v) is 12.0. The van der Waals surface area contributed by atoms with Gasteiger partial charge in [-0.05, 0) is 60.6 Å². The summed E-state index contributed by atoms with van der Waals surface area (Å²) in [6.45, 7) is 10.9. The van der Waals surface area contributed by atoms with E-state index in [2.05, 4.69) is 46.9 Å². The van der Waals surface area contributed by atoms with Crippen LogP contribution in [-0.2, 0) is 0 Å². The van der Waals surface area contributed by atoms with Crippen LogP contribution >= 0.6 is 0 Å². The Balaban J connectivity index is 1.46. The molecule has 0 amide bonds. The Labute approximate surface area is 190 Å². The lowest BCUT2D eigenvalue weighted by Gasteiger charge is -2.30. The van der Waals surface area contributed by atoms with Crippen molar-refractivity contribution in [3.05, 3.63) is 36.3 Å². The minimum absolute atomic E-state index is 0.389. The van der Waals surface area contributed by atoms with Crippen LogP contribution in [0.5, 0.6) is 0 Å². The van der Waals surface area contributed by atoms with E-state index in [0.29, 0.717) is 11.8 Å². The fourth-order valence-corrected chi connectivity index (χ4v) is 4.92. The van der Waals surface area contributed by atoms with Crippen molar-refractivity contribution in [2.24, 2.45) is 5.92 Å². The van der Waals surface area contributed by atoms with Gasteiger partial charge in [0.25, 0.3) is 0 Å². The molecule has 1 unspecified atom stereocenters. The Morgan fingerprint density at radius 3 is 2.53 bits per heavy atom. The molecule has 168 valence electrons. The first-order valence-electron chi connectivity index (χ1n) is 12.0. The van der Waals surface area contributed by atoms with Crippen molar-refractivity contribution in [1.82, 2.24) is 19.9 Å². The number of hydrogen-bond donors (Lipinski definition) is 1. The van der Waals surface area contributed by atoms with E-state index in [0.717, 1.165) is 55.0 Å². The van der Waals surface area contributed by atoms with Gasteiger partial charge in [-0.15, -0.1) is 0 Å². The molecule has 32 heavy (non-hydrogen) atoms. The van der Waals surface area contributed by atoms with E-state index in [-0.39, 0.29) is 0 Å². The molecular weight excluding hydrogens is 398 g/mol. The van der Waals surface area contributed by atoms with Crippen molar-refractivity contribution in [1.29, 1.82) is 0 Å². The van der Waals surface area contributed by atoms with Gasteiger partial charge in [-0.1, -0.05) is 20.8 Å². The largest absolute Gasteiger partial charge is 0.356 e.